The quantitative estimate of drug-likeness (QED) is 0.758. The number of nitrogens with zero attached hydrogens (tertiary/aromatic N) is 1. The van der Waals surface area contributed by atoms with E-state index in [9.17, 15) is 4.79 Å². The number of nitrogens with one attached hydrogen (secondary N) is 1. The first-order chi connectivity index (χ1) is 6.89. The molecule has 0 aliphatic carbocycles. The van der Waals surface area contributed by atoms with Gasteiger partial charge in [-0.1, -0.05) is 13.3 Å². The molecule has 0 bridgehead atoms. The first kappa shape index (κ1) is 14.0. The van der Waals surface area contributed by atoms with Crippen molar-refractivity contribution in [3.8, 4) is 6.07 Å². The van der Waals surface area contributed by atoms with Crippen LogP contribution in [0.15, 0.2) is 0 Å². The van der Waals surface area contributed by atoms with Crippen molar-refractivity contribution >= 4 is 5.91 Å². The summed E-state index contributed by atoms with van der Waals surface area (Å²) in [7, 11) is 0. The van der Waals surface area contributed by atoms with Gasteiger partial charge in [0.25, 0.3) is 0 Å². The lowest BCUT2D eigenvalue weighted by Gasteiger charge is -2.20. The summed E-state index contributed by atoms with van der Waals surface area (Å²) in [6.45, 7) is 7.93. The lowest BCUT2D eigenvalue weighted by molar-refractivity contribution is -0.122. The third-order valence-electron chi connectivity index (χ3n) is 2.05. The molecule has 0 heterocycles. The van der Waals surface area contributed by atoms with Crippen LogP contribution < -0.4 is 5.32 Å². The number of carbonyl (C=O) groups is 1. The van der Waals surface area contributed by atoms with Gasteiger partial charge >= 0.3 is 0 Å². The minimum atomic E-state index is -0.177. The monoisotopic (exact) mass is 210 g/mol. The molecule has 0 aliphatic heterocycles. The van der Waals surface area contributed by atoms with Gasteiger partial charge in [0.2, 0.25) is 5.91 Å². The van der Waals surface area contributed by atoms with Gasteiger partial charge in [-0.05, 0) is 33.6 Å². The van der Waals surface area contributed by atoms with Crippen molar-refractivity contribution in [2.24, 2.45) is 5.92 Å². The average molecular weight is 210 g/mol. The Balaban J connectivity index is 3.85. The zero-order valence-corrected chi connectivity index (χ0v) is 10.3. The maximum Gasteiger partial charge on any atom is 0.220 e. The highest BCUT2D eigenvalue weighted by Crippen LogP contribution is 2.12. The van der Waals surface area contributed by atoms with E-state index in [0.29, 0.717) is 12.8 Å². The predicted molar refractivity (Wildman–Crippen MR) is 61.1 cm³/mol. The van der Waals surface area contributed by atoms with Crippen LogP contribution in [0.1, 0.15) is 53.4 Å². The molecule has 0 aliphatic rings. The summed E-state index contributed by atoms with van der Waals surface area (Å²) in [6, 6.07) is 2.24. The summed E-state index contributed by atoms with van der Waals surface area (Å²) in [4.78, 5) is 11.5. The van der Waals surface area contributed by atoms with Gasteiger partial charge in [-0.2, -0.15) is 5.26 Å². The van der Waals surface area contributed by atoms with Gasteiger partial charge in [0.15, 0.2) is 0 Å². The zero-order valence-electron chi connectivity index (χ0n) is 10.3. The van der Waals surface area contributed by atoms with E-state index in [0.717, 1.165) is 12.8 Å². The summed E-state index contributed by atoms with van der Waals surface area (Å²) < 4.78 is 0. The Hall–Kier alpha value is -1.04. The highest BCUT2D eigenvalue weighted by Gasteiger charge is 2.15. The summed E-state index contributed by atoms with van der Waals surface area (Å²) in [6.07, 6.45) is 3.01. The molecule has 0 saturated carbocycles. The van der Waals surface area contributed by atoms with Crippen LogP contribution in [0.2, 0.25) is 0 Å². The minimum Gasteiger partial charge on any atom is -0.352 e. The molecule has 1 unspecified atom stereocenters. The standard InChI is InChI=1S/C12H22N2O/c1-5-6-10(9-13)7-8-11(15)14-12(2,3)4/h10H,5-8H2,1-4H3,(H,14,15). The van der Waals surface area contributed by atoms with E-state index >= 15 is 0 Å². The molecular weight excluding hydrogens is 188 g/mol. The van der Waals surface area contributed by atoms with E-state index in [2.05, 4.69) is 18.3 Å². The molecule has 0 aromatic rings. The number of amides is 1. The number of nitriles is 1. The van der Waals surface area contributed by atoms with Gasteiger partial charge in [-0.25, -0.2) is 0 Å². The van der Waals surface area contributed by atoms with Gasteiger partial charge in [0.1, 0.15) is 0 Å². The number of hydrogen-bond acceptors (Lipinski definition) is 2. The Morgan fingerprint density at radius 3 is 2.40 bits per heavy atom. The average Bonchev–Trinajstić information content (AvgIpc) is 2.09. The molecule has 0 spiro atoms. The van der Waals surface area contributed by atoms with Crippen LogP contribution >= 0.6 is 0 Å². The normalized spacial score (nSPS) is 13.0. The second kappa shape index (κ2) is 6.44. The topological polar surface area (TPSA) is 52.9 Å². The third kappa shape index (κ3) is 7.99. The summed E-state index contributed by atoms with van der Waals surface area (Å²) >= 11 is 0. The van der Waals surface area contributed by atoms with Crippen LogP contribution in [-0.2, 0) is 4.79 Å². The molecule has 3 heteroatoms. The Kier molecular flexibility index (Phi) is 6.00. The van der Waals surface area contributed by atoms with Gasteiger partial charge in [0.05, 0.1) is 6.07 Å². The van der Waals surface area contributed by atoms with Gasteiger partial charge < -0.3 is 5.32 Å². The van der Waals surface area contributed by atoms with Crippen LogP contribution in [0.4, 0.5) is 0 Å². The van der Waals surface area contributed by atoms with Crippen molar-refractivity contribution in [3.63, 3.8) is 0 Å². The molecule has 0 radical (unpaired) electrons. The van der Waals surface area contributed by atoms with Crippen molar-refractivity contribution < 1.29 is 4.79 Å². The number of rotatable bonds is 5. The first-order valence-electron chi connectivity index (χ1n) is 5.59. The smallest absolute Gasteiger partial charge is 0.220 e. The molecule has 0 aromatic carbocycles. The Morgan fingerprint density at radius 1 is 1.40 bits per heavy atom. The van der Waals surface area contributed by atoms with E-state index in [4.69, 9.17) is 5.26 Å². The molecular formula is C12H22N2O. The van der Waals surface area contributed by atoms with E-state index in [1.807, 2.05) is 20.8 Å². The van der Waals surface area contributed by atoms with Crippen LogP contribution in [0.5, 0.6) is 0 Å². The molecule has 0 fully saturated rings. The second-order valence-electron chi connectivity index (χ2n) is 4.95. The molecule has 1 N–H and O–H groups in total. The highest BCUT2D eigenvalue weighted by atomic mass is 16.1. The number of carbonyl (C=O) groups excluding carboxylic acids is 1. The third-order valence-corrected chi connectivity index (χ3v) is 2.05. The molecule has 86 valence electrons. The maximum atomic E-state index is 11.5. The molecule has 3 nitrogen and oxygen atoms in total. The van der Waals surface area contributed by atoms with E-state index in [1.54, 1.807) is 0 Å². The summed E-state index contributed by atoms with van der Waals surface area (Å²) in [5.74, 6) is 0.0690. The van der Waals surface area contributed by atoms with Crippen LogP contribution in [0.25, 0.3) is 0 Å². The zero-order chi connectivity index (χ0) is 11.9. The lowest BCUT2D eigenvalue weighted by Crippen LogP contribution is -2.40. The highest BCUT2D eigenvalue weighted by molar-refractivity contribution is 5.76. The van der Waals surface area contributed by atoms with Crippen LogP contribution in [0.3, 0.4) is 0 Å². The Morgan fingerprint density at radius 2 is 2.00 bits per heavy atom. The summed E-state index contributed by atoms with van der Waals surface area (Å²) in [5.41, 5.74) is -0.177. The Labute approximate surface area is 92.9 Å². The van der Waals surface area contributed by atoms with Crippen LogP contribution in [-0.4, -0.2) is 11.4 Å². The van der Waals surface area contributed by atoms with Crippen molar-refractivity contribution in [1.29, 1.82) is 5.26 Å². The number of hydrogen-bond donors (Lipinski definition) is 1. The fourth-order valence-electron chi connectivity index (χ4n) is 1.41. The van der Waals surface area contributed by atoms with Crippen molar-refractivity contribution in [2.45, 2.75) is 58.9 Å². The fraction of sp³-hybridized carbons (Fsp3) is 0.833. The molecule has 0 saturated heterocycles. The molecule has 0 rings (SSSR count). The van der Waals surface area contributed by atoms with Gasteiger partial charge in [-0.3, -0.25) is 4.79 Å². The van der Waals surface area contributed by atoms with E-state index < -0.39 is 0 Å². The first-order valence-corrected chi connectivity index (χ1v) is 5.59. The van der Waals surface area contributed by atoms with Gasteiger partial charge in [0, 0.05) is 17.9 Å². The van der Waals surface area contributed by atoms with Crippen molar-refractivity contribution in [2.75, 3.05) is 0 Å². The summed E-state index contributed by atoms with van der Waals surface area (Å²) in [5, 5.41) is 11.7. The van der Waals surface area contributed by atoms with E-state index in [-0.39, 0.29) is 17.4 Å². The second-order valence-corrected chi connectivity index (χ2v) is 4.95. The molecule has 15 heavy (non-hydrogen) atoms. The maximum absolute atomic E-state index is 11.5. The largest absolute Gasteiger partial charge is 0.352 e. The van der Waals surface area contributed by atoms with Crippen molar-refractivity contribution in [3.05, 3.63) is 0 Å². The minimum absolute atomic E-state index is 0.0284. The fourth-order valence-corrected chi connectivity index (χ4v) is 1.41. The lowest BCUT2D eigenvalue weighted by atomic mass is 9.99. The molecule has 1 amide bonds. The Bertz CT molecular complexity index is 235. The van der Waals surface area contributed by atoms with Crippen molar-refractivity contribution in [1.82, 2.24) is 5.32 Å². The van der Waals surface area contributed by atoms with Gasteiger partial charge in [-0.15, -0.1) is 0 Å². The van der Waals surface area contributed by atoms with Crippen LogP contribution in [0, 0.1) is 17.2 Å². The van der Waals surface area contributed by atoms with E-state index in [1.165, 1.54) is 0 Å². The molecule has 0 aromatic heterocycles. The molecule has 1 atom stereocenters. The SMILES string of the molecule is CCCC(C#N)CCC(=O)NC(C)(C)C. The predicted octanol–water partition coefficient (Wildman–Crippen LogP) is 2.62.